The van der Waals surface area contributed by atoms with Crippen molar-refractivity contribution in [1.82, 2.24) is 15.6 Å². The van der Waals surface area contributed by atoms with Crippen molar-refractivity contribution in [3.8, 4) is 0 Å². The minimum Gasteiger partial charge on any atom is -0.347 e. The van der Waals surface area contributed by atoms with E-state index in [-0.39, 0.29) is 34.8 Å². The Morgan fingerprint density at radius 2 is 1.96 bits per heavy atom. The number of hydrogen-bond donors (Lipinski definition) is 2. The van der Waals surface area contributed by atoms with E-state index in [0.29, 0.717) is 0 Å². The predicted molar refractivity (Wildman–Crippen MR) is 89.4 cm³/mol. The fourth-order valence-corrected chi connectivity index (χ4v) is 3.43. The number of rotatable bonds is 5. The molecule has 25 heavy (non-hydrogen) atoms. The molecule has 1 fully saturated rings. The summed E-state index contributed by atoms with van der Waals surface area (Å²) in [5.41, 5.74) is 0.272. The van der Waals surface area contributed by atoms with Gasteiger partial charge in [0.15, 0.2) is 5.01 Å². The molecule has 1 aliphatic carbocycles. The van der Waals surface area contributed by atoms with Gasteiger partial charge in [-0.25, -0.2) is 13.8 Å². The number of aromatic nitrogens is 1. The van der Waals surface area contributed by atoms with Gasteiger partial charge in [0.05, 0.1) is 0 Å². The molecule has 132 valence electrons. The number of amides is 2. The second kappa shape index (κ2) is 7.69. The summed E-state index contributed by atoms with van der Waals surface area (Å²) in [5.74, 6) is -2.19. The Hall–Kier alpha value is -2.35. The van der Waals surface area contributed by atoms with Gasteiger partial charge >= 0.3 is 0 Å². The Kier molecular flexibility index (Phi) is 5.37. The van der Waals surface area contributed by atoms with Crippen LogP contribution in [0.25, 0.3) is 0 Å². The van der Waals surface area contributed by atoms with Crippen molar-refractivity contribution in [2.24, 2.45) is 0 Å². The van der Waals surface area contributed by atoms with E-state index < -0.39 is 17.5 Å². The Morgan fingerprint density at radius 1 is 1.20 bits per heavy atom. The normalized spacial score (nSPS) is 14.5. The third-order valence-electron chi connectivity index (χ3n) is 4.08. The number of nitrogens with one attached hydrogen (secondary N) is 2. The highest BCUT2D eigenvalue weighted by atomic mass is 32.1. The molecule has 0 saturated heterocycles. The minimum atomic E-state index is -0.727. The molecule has 5 nitrogen and oxygen atoms in total. The summed E-state index contributed by atoms with van der Waals surface area (Å²) in [7, 11) is 0. The summed E-state index contributed by atoms with van der Waals surface area (Å²) in [4.78, 5) is 28.2. The van der Waals surface area contributed by atoms with Crippen LogP contribution in [0.5, 0.6) is 0 Å². The molecule has 0 radical (unpaired) electrons. The molecule has 1 saturated carbocycles. The van der Waals surface area contributed by atoms with Gasteiger partial charge in [-0.05, 0) is 18.9 Å². The minimum absolute atomic E-state index is 0.0912. The number of carbonyl (C=O) groups is 2. The van der Waals surface area contributed by atoms with Gasteiger partial charge in [0.25, 0.3) is 11.8 Å². The average Bonchev–Trinajstić information content (AvgIpc) is 3.25. The van der Waals surface area contributed by atoms with Gasteiger partial charge in [-0.1, -0.05) is 18.9 Å². The lowest BCUT2D eigenvalue weighted by atomic mass is 10.2. The van der Waals surface area contributed by atoms with Crippen LogP contribution in [0.2, 0.25) is 0 Å². The first kappa shape index (κ1) is 17.5. The zero-order valence-corrected chi connectivity index (χ0v) is 14.2. The van der Waals surface area contributed by atoms with Crippen LogP contribution in [0, 0.1) is 11.6 Å². The van der Waals surface area contributed by atoms with E-state index >= 15 is 0 Å². The standard InChI is InChI=1S/C17H17F2N3O2S/c18-11-6-5-10(13(19)7-11)8-20-15(23)14-9-25-17(22-14)16(24)21-12-3-1-2-4-12/h5-7,9,12H,1-4,8H2,(H,20,23)(H,21,24). The largest absolute Gasteiger partial charge is 0.347 e. The quantitative estimate of drug-likeness (QED) is 0.856. The number of thiazole rings is 1. The summed E-state index contributed by atoms with van der Waals surface area (Å²) >= 11 is 1.09. The average molecular weight is 365 g/mol. The molecule has 0 atom stereocenters. The molecule has 0 aliphatic heterocycles. The van der Waals surface area contributed by atoms with Crippen LogP contribution in [0.15, 0.2) is 23.6 Å². The Labute approximate surface area is 147 Å². The van der Waals surface area contributed by atoms with Crippen molar-refractivity contribution in [3.63, 3.8) is 0 Å². The van der Waals surface area contributed by atoms with Crippen molar-refractivity contribution in [2.45, 2.75) is 38.3 Å². The van der Waals surface area contributed by atoms with Crippen LogP contribution >= 0.6 is 11.3 Å². The summed E-state index contributed by atoms with van der Waals surface area (Å²) in [6.45, 7) is -0.0912. The highest BCUT2D eigenvalue weighted by Gasteiger charge is 2.21. The maximum atomic E-state index is 13.5. The van der Waals surface area contributed by atoms with Crippen molar-refractivity contribution >= 4 is 23.2 Å². The van der Waals surface area contributed by atoms with E-state index in [0.717, 1.165) is 49.2 Å². The van der Waals surface area contributed by atoms with Crippen LogP contribution in [0.1, 0.15) is 51.5 Å². The van der Waals surface area contributed by atoms with E-state index in [9.17, 15) is 18.4 Å². The van der Waals surface area contributed by atoms with Crippen molar-refractivity contribution in [3.05, 3.63) is 51.5 Å². The summed E-state index contributed by atoms with van der Waals surface area (Å²) in [6, 6.07) is 3.33. The van der Waals surface area contributed by atoms with Gasteiger partial charge < -0.3 is 10.6 Å². The molecule has 0 unspecified atom stereocenters. The number of hydrogen-bond acceptors (Lipinski definition) is 4. The summed E-state index contributed by atoms with van der Waals surface area (Å²) < 4.78 is 26.4. The summed E-state index contributed by atoms with van der Waals surface area (Å²) in [5, 5.41) is 7.14. The van der Waals surface area contributed by atoms with Gasteiger partial charge in [-0.3, -0.25) is 9.59 Å². The highest BCUT2D eigenvalue weighted by Crippen LogP contribution is 2.19. The first-order valence-corrected chi connectivity index (χ1v) is 8.89. The molecular weight excluding hydrogens is 348 g/mol. The molecule has 0 bridgehead atoms. The molecule has 2 N–H and O–H groups in total. The fourth-order valence-electron chi connectivity index (χ4n) is 2.73. The predicted octanol–water partition coefficient (Wildman–Crippen LogP) is 3.02. The van der Waals surface area contributed by atoms with Gasteiger partial charge in [-0.2, -0.15) is 0 Å². The first-order valence-electron chi connectivity index (χ1n) is 8.01. The number of halogens is 2. The first-order chi connectivity index (χ1) is 12.0. The number of benzene rings is 1. The zero-order chi connectivity index (χ0) is 17.8. The lowest BCUT2D eigenvalue weighted by Crippen LogP contribution is -2.32. The second-order valence-corrected chi connectivity index (χ2v) is 6.77. The van der Waals surface area contributed by atoms with Gasteiger partial charge in [0.2, 0.25) is 0 Å². The topological polar surface area (TPSA) is 71.1 Å². The van der Waals surface area contributed by atoms with E-state index in [2.05, 4.69) is 15.6 Å². The van der Waals surface area contributed by atoms with Crippen LogP contribution < -0.4 is 10.6 Å². The smallest absolute Gasteiger partial charge is 0.280 e. The lowest BCUT2D eigenvalue weighted by molar-refractivity contribution is 0.0937. The molecule has 1 aromatic carbocycles. The molecule has 2 aromatic rings. The Bertz CT molecular complexity index is 788. The third kappa shape index (κ3) is 4.39. The number of nitrogens with zero attached hydrogens (tertiary/aromatic N) is 1. The van der Waals surface area contributed by atoms with Gasteiger partial charge in [-0.15, -0.1) is 11.3 Å². The molecular formula is C17H17F2N3O2S. The molecule has 2 amide bonds. The maximum Gasteiger partial charge on any atom is 0.280 e. The fraction of sp³-hybridized carbons (Fsp3) is 0.353. The van der Waals surface area contributed by atoms with Gasteiger partial charge in [0, 0.05) is 29.6 Å². The van der Waals surface area contributed by atoms with Crippen LogP contribution in [-0.4, -0.2) is 22.8 Å². The van der Waals surface area contributed by atoms with Gasteiger partial charge in [0.1, 0.15) is 17.3 Å². The van der Waals surface area contributed by atoms with Crippen LogP contribution in [-0.2, 0) is 6.54 Å². The summed E-state index contributed by atoms with van der Waals surface area (Å²) in [6.07, 6.45) is 4.15. The maximum absolute atomic E-state index is 13.5. The molecule has 0 spiro atoms. The highest BCUT2D eigenvalue weighted by molar-refractivity contribution is 7.11. The van der Waals surface area contributed by atoms with Crippen molar-refractivity contribution < 1.29 is 18.4 Å². The molecule has 1 heterocycles. The van der Waals surface area contributed by atoms with E-state index in [1.807, 2.05) is 0 Å². The Balaban J connectivity index is 1.57. The molecule has 1 aromatic heterocycles. The monoisotopic (exact) mass is 365 g/mol. The third-order valence-corrected chi connectivity index (χ3v) is 4.92. The molecule has 8 heteroatoms. The van der Waals surface area contributed by atoms with E-state index in [1.54, 1.807) is 0 Å². The molecule has 3 rings (SSSR count). The van der Waals surface area contributed by atoms with Crippen LogP contribution in [0.3, 0.4) is 0 Å². The van der Waals surface area contributed by atoms with E-state index in [4.69, 9.17) is 0 Å². The second-order valence-electron chi connectivity index (χ2n) is 5.91. The zero-order valence-electron chi connectivity index (χ0n) is 13.4. The van der Waals surface area contributed by atoms with Crippen LogP contribution in [0.4, 0.5) is 8.78 Å². The SMILES string of the molecule is O=C(NCc1ccc(F)cc1F)c1csc(C(=O)NC2CCCC2)n1. The van der Waals surface area contributed by atoms with Crippen molar-refractivity contribution in [2.75, 3.05) is 0 Å². The Morgan fingerprint density at radius 3 is 2.68 bits per heavy atom. The van der Waals surface area contributed by atoms with E-state index in [1.165, 1.54) is 11.4 Å². The molecule has 1 aliphatic rings. The van der Waals surface area contributed by atoms with Crippen molar-refractivity contribution in [1.29, 1.82) is 0 Å². The number of carbonyl (C=O) groups excluding carboxylic acids is 2. The lowest BCUT2D eigenvalue weighted by Gasteiger charge is -2.09.